The van der Waals surface area contributed by atoms with E-state index in [1.165, 1.54) is 12.1 Å². The smallest absolute Gasteiger partial charge is 0.421 e. The molecule has 5 rings (SSSR count). The number of nitrogens with zero attached hydrogens (tertiary/aromatic N) is 4. The summed E-state index contributed by atoms with van der Waals surface area (Å²) in [5.41, 5.74) is 0.860. The lowest BCUT2D eigenvalue weighted by Crippen LogP contribution is -2.25. The van der Waals surface area contributed by atoms with Crippen molar-refractivity contribution >= 4 is 0 Å². The fourth-order valence-corrected chi connectivity index (χ4v) is 5.12. The van der Waals surface area contributed by atoms with Gasteiger partial charge in [0.05, 0.1) is 11.4 Å². The quantitative estimate of drug-likeness (QED) is 0.472. The van der Waals surface area contributed by atoms with E-state index in [-0.39, 0.29) is 17.4 Å². The van der Waals surface area contributed by atoms with E-state index in [0.29, 0.717) is 30.2 Å². The molecule has 0 amide bonds. The number of halogens is 4. The first-order chi connectivity index (χ1) is 16.3. The Kier molecular flexibility index (Phi) is 5.97. The van der Waals surface area contributed by atoms with Crippen LogP contribution in [0.3, 0.4) is 0 Å². The lowest BCUT2D eigenvalue weighted by molar-refractivity contribution is -0.139. The molecule has 0 spiro atoms. The molecule has 3 aromatic rings. The molecule has 0 N–H and O–H groups in total. The maximum absolute atomic E-state index is 13.9. The van der Waals surface area contributed by atoms with Gasteiger partial charge in [0.25, 0.3) is 0 Å². The van der Waals surface area contributed by atoms with Crippen LogP contribution in [0.4, 0.5) is 17.6 Å². The molecule has 3 atom stereocenters. The summed E-state index contributed by atoms with van der Waals surface area (Å²) >= 11 is 0. The van der Waals surface area contributed by atoms with Crippen LogP contribution < -0.4 is 4.74 Å². The summed E-state index contributed by atoms with van der Waals surface area (Å²) in [6.45, 7) is 4.19. The largest absolute Gasteiger partial charge is 0.473 e. The first-order valence-corrected chi connectivity index (χ1v) is 11.3. The van der Waals surface area contributed by atoms with E-state index in [9.17, 15) is 17.6 Å². The molecule has 1 unspecified atom stereocenters. The molecule has 1 saturated carbocycles. The number of likely N-dealkylation sites (tertiary alicyclic amines) is 1. The molecule has 3 heterocycles. The molecule has 1 saturated heterocycles. The highest BCUT2D eigenvalue weighted by atomic mass is 19.4. The Morgan fingerprint density at radius 3 is 2.47 bits per heavy atom. The lowest BCUT2D eigenvalue weighted by Gasteiger charge is -2.20. The van der Waals surface area contributed by atoms with Gasteiger partial charge in [0, 0.05) is 31.4 Å². The zero-order valence-electron chi connectivity index (χ0n) is 18.6. The third-order valence-corrected chi connectivity index (χ3v) is 6.71. The molecule has 1 aliphatic heterocycles. The summed E-state index contributed by atoms with van der Waals surface area (Å²) in [5.74, 6) is -0.332. The number of ether oxygens (including phenoxy) is 1. The second kappa shape index (κ2) is 8.94. The Balaban J connectivity index is 1.29. The minimum absolute atomic E-state index is 0.0369. The van der Waals surface area contributed by atoms with Gasteiger partial charge in [-0.25, -0.2) is 4.39 Å². The molecule has 2 aliphatic rings. The Labute approximate surface area is 194 Å². The average Bonchev–Trinajstić information content (AvgIpc) is 3.33. The summed E-state index contributed by atoms with van der Waals surface area (Å²) in [4.78, 5) is 6.71. The summed E-state index contributed by atoms with van der Waals surface area (Å²) in [6, 6.07) is 10.6. The van der Waals surface area contributed by atoms with Crippen molar-refractivity contribution in [2.45, 2.75) is 38.6 Å². The third kappa shape index (κ3) is 4.75. The van der Waals surface area contributed by atoms with Gasteiger partial charge < -0.3 is 4.74 Å². The number of pyridine rings is 1. The number of hydrogen-bond acceptors (Lipinski definition) is 5. The Morgan fingerprint density at radius 2 is 1.79 bits per heavy atom. The Morgan fingerprint density at radius 1 is 1.03 bits per heavy atom. The molecule has 1 aromatic carbocycles. The van der Waals surface area contributed by atoms with Gasteiger partial charge >= 0.3 is 6.18 Å². The van der Waals surface area contributed by atoms with Crippen molar-refractivity contribution in [3.63, 3.8) is 0 Å². The van der Waals surface area contributed by atoms with Crippen LogP contribution in [-0.2, 0) is 12.7 Å². The van der Waals surface area contributed by atoms with Gasteiger partial charge in [-0.3, -0.25) is 9.88 Å². The topological polar surface area (TPSA) is 51.1 Å². The number of alkyl halides is 3. The molecular weight excluding hydrogens is 448 g/mol. The van der Waals surface area contributed by atoms with Crippen LogP contribution in [0.15, 0.2) is 48.7 Å². The lowest BCUT2D eigenvalue weighted by atomic mass is 10.0. The van der Waals surface area contributed by atoms with Crippen LogP contribution >= 0.6 is 0 Å². The monoisotopic (exact) mass is 472 g/mol. The van der Waals surface area contributed by atoms with Gasteiger partial charge in [0.15, 0.2) is 0 Å². The van der Waals surface area contributed by atoms with Crippen molar-refractivity contribution < 1.29 is 22.3 Å². The third-order valence-electron chi connectivity index (χ3n) is 6.71. The molecule has 2 fully saturated rings. The number of aromatic nitrogens is 3. The van der Waals surface area contributed by atoms with Crippen LogP contribution in [0.25, 0.3) is 11.3 Å². The van der Waals surface area contributed by atoms with Crippen molar-refractivity contribution in [2.24, 2.45) is 11.8 Å². The van der Waals surface area contributed by atoms with Gasteiger partial charge in [-0.1, -0.05) is 12.1 Å². The number of hydrogen-bond donors (Lipinski definition) is 0. The van der Waals surface area contributed by atoms with E-state index >= 15 is 0 Å². The van der Waals surface area contributed by atoms with E-state index in [0.717, 1.165) is 37.5 Å². The molecule has 0 bridgehead atoms. The van der Waals surface area contributed by atoms with Crippen molar-refractivity contribution in [1.29, 1.82) is 0 Å². The van der Waals surface area contributed by atoms with E-state index in [4.69, 9.17) is 4.74 Å². The van der Waals surface area contributed by atoms with E-state index < -0.39 is 23.4 Å². The minimum atomic E-state index is -4.67. The van der Waals surface area contributed by atoms with E-state index in [1.54, 1.807) is 13.1 Å². The fraction of sp³-hybridized carbons (Fsp3) is 0.400. The molecule has 1 aliphatic carbocycles. The summed E-state index contributed by atoms with van der Waals surface area (Å²) in [7, 11) is 0. The average molecular weight is 472 g/mol. The Bertz CT molecular complexity index is 1160. The standard InChI is InChI=1S/C25H24F4N4O/c1-15-5-6-18(26)10-21(15)23-11-22(25(27,28)29)24(32-31-23)34-20-8-16-12-33(13-17(16)9-20)14-19-4-2-3-7-30-19/h2-7,10-11,16-17,20H,8-9,12-14H2,1H3/t16-,17+,20?. The van der Waals surface area contributed by atoms with Gasteiger partial charge in [-0.15, -0.1) is 10.2 Å². The first-order valence-electron chi connectivity index (χ1n) is 11.3. The van der Waals surface area contributed by atoms with Crippen LogP contribution in [0.5, 0.6) is 5.88 Å². The van der Waals surface area contributed by atoms with Crippen molar-refractivity contribution in [3.05, 3.63) is 71.3 Å². The summed E-state index contributed by atoms with van der Waals surface area (Å²) in [6.07, 6.45) is -1.89. The second-order valence-electron chi connectivity index (χ2n) is 9.15. The van der Waals surface area contributed by atoms with Crippen LogP contribution in [-0.4, -0.2) is 39.3 Å². The minimum Gasteiger partial charge on any atom is -0.473 e. The highest BCUT2D eigenvalue weighted by Gasteiger charge is 2.43. The van der Waals surface area contributed by atoms with Crippen molar-refractivity contribution in [3.8, 4) is 17.1 Å². The first kappa shape index (κ1) is 22.7. The number of benzene rings is 1. The highest BCUT2D eigenvalue weighted by Crippen LogP contribution is 2.42. The predicted octanol–water partition coefficient (Wildman–Crippen LogP) is 5.29. The number of rotatable bonds is 5. The van der Waals surface area contributed by atoms with Gasteiger partial charge in [0.2, 0.25) is 5.88 Å². The number of fused-ring (bicyclic) bond motifs is 1. The molecule has 9 heteroatoms. The van der Waals surface area contributed by atoms with Gasteiger partial charge in [0.1, 0.15) is 17.5 Å². The maximum Gasteiger partial charge on any atom is 0.421 e. The van der Waals surface area contributed by atoms with Crippen LogP contribution in [0.1, 0.15) is 29.7 Å². The zero-order valence-corrected chi connectivity index (χ0v) is 18.6. The molecule has 2 aromatic heterocycles. The normalized spacial score (nSPS) is 22.7. The maximum atomic E-state index is 13.9. The van der Waals surface area contributed by atoms with E-state index in [2.05, 4.69) is 20.1 Å². The highest BCUT2D eigenvalue weighted by molar-refractivity contribution is 5.64. The van der Waals surface area contributed by atoms with Crippen molar-refractivity contribution in [1.82, 2.24) is 20.1 Å². The van der Waals surface area contributed by atoms with E-state index in [1.807, 2.05) is 18.2 Å². The predicted molar refractivity (Wildman–Crippen MR) is 117 cm³/mol. The number of aryl methyl sites for hydroxylation is 1. The van der Waals surface area contributed by atoms with Crippen molar-refractivity contribution in [2.75, 3.05) is 13.1 Å². The molecule has 0 radical (unpaired) electrons. The molecule has 178 valence electrons. The summed E-state index contributed by atoms with van der Waals surface area (Å²) < 4.78 is 61.0. The Hall–Kier alpha value is -3.07. The second-order valence-corrected chi connectivity index (χ2v) is 9.15. The van der Waals surface area contributed by atoms with Gasteiger partial charge in [-0.05, 0) is 67.5 Å². The fourth-order valence-electron chi connectivity index (χ4n) is 5.12. The van der Waals surface area contributed by atoms with Crippen LogP contribution in [0.2, 0.25) is 0 Å². The summed E-state index contributed by atoms with van der Waals surface area (Å²) in [5, 5.41) is 7.73. The van der Waals surface area contributed by atoms with Gasteiger partial charge in [-0.2, -0.15) is 13.2 Å². The molecule has 5 nitrogen and oxygen atoms in total. The zero-order chi connectivity index (χ0) is 23.9. The molecular formula is C25H24F4N4O. The molecule has 34 heavy (non-hydrogen) atoms. The van der Waals surface area contributed by atoms with Crippen LogP contribution in [0, 0.1) is 24.6 Å². The SMILES string of the molecule is Cc1ccc(F)cc1-c1cc(C(F)(F)F)c(OC2C[C@@H]3CN(Cc4ccccn4)C[C@@H]3C2)nn1.